The third-order valence-corrected chi connectivity index (χ3v) is 3.90. The molecule has 0 fully saturated rings. The number of hydrogen-bond donors (Lipinski definition) is 0. The summed E-state index contributed by atoms with van der Waals surface area (Å²) in [5.41, 5.74) is 1.83. The van der Waals surface area contributed by atoms with Crippen LogP contribution in [0.25, 0.3) is 17.5 Å². The molecule has 0 radical (unpaired) electrons. The lowest BCUT2D eigenvalue weighted by atomic mass is 10.1. The molecule has 2 aromatic carbocycles. The van der Waals surface area contributed by atoms with Crippen molar-refractivity contribution in [3.8, 4) is 17.1 Å². The second kappa shape index (κ2) is 9.32. The molecular weight excluding hydrogens is 376 g/mol. The van der Waals surface area contributed by atoms with Gasteiger partial charge in [0.2, 0.25) is 5.82 Å². The molecule has 1 aromatic heterocycles. The molecule has 3 aromatic rings. The number of esters is 2. The highest BCUT2D eigenvalue weighted by atomic mass is 16.6. The van der Waals surface area contributed by atoms with Gasteiger partial charge in [0, 0.05) is 6.08 Å². The molecule has 0 bridgehead atoms. The van der Waals surface area contributed by atoms with Crippen molar-refractivity contribution in [3.63, 3.8) is 0 Å². The van der Waals surface area contributed by atoms with Gasteiger partial charge in [0.05, 0.1) is 25.3 Å². The normalized spacial score (nSPS) is 10.7. The zero-order valence-corrected chi connectivity index (χ0v) is 15.8. The number of carbonyl (C=O) groups is 2. The highest BCUT2D eigenvalue weighted by Gasteiger charge is 2.13. The second-order valence-corrected chi connectivity index (χ2v) is 5.77. The van der Waals surface area contributed by atoms with Gasteiger partial charge < -0.3 is 18.7 Å². The van der Waals surface area contributed by atoms with Gasteiger partial charge in [0.25, 0.3) is 5.89 Å². The topological polar surface area (TPSA) is 101 Å². The molecule has 8 heteroatoms. The van der Waals surface area contributed by atoms with E-state index in [2.05, 4.69) is 14.9 Å². The molecule has 0 saturated heterocycles. The molecule has 0 spiro atoms. The van der Waals surface area contributed by atoms with Crippen LogP contribution in [0.4, 0.5) is 0 Å². The first-order valence-electron chi connectivity index (χ1n) is 8.60. The summed E-state index contributed by atoms with van der Waals surface area (Å²) in [6.45, 7) is -0.160. The summed E-state index contributed by atoms with van der Waals surface area (Å²) >= 11 is 0. The van der Waals surface area contributed by atoms with Crippen molar-refractivity contribution < 1.29 is 28.3 Å². The highest BCUT2D eigenvalue weighted by Crippen LogP contribution is 2.27. The molecule has 0 atom stereocenters. The molecule has 0 aliphatic carbocycles. The minimum atomic E-state index is -0.570. The molecule has 1 heterocycles. The number of hydrogen-bond acceptors (Lipinski definition) is 8. The van der Waals surface area contributed by atoms with Crippen LogP contribution in [-0.2, 0) is 20.9 Å². The Labute approximate surface area is 166 Å². The number of para-hydroxylation sites is 1. The average molecular weight is 394 g/mol. The fourth-order valence-electron chi connectivity index (χ4n) is 2.45. The standard InChI is InChI=1S/C21H18N2O6/c1-26-17-6-4-3-5-16(17)20-22-18(29-23-20)13-28-19(24)12-9-14-7-10-15(11-8-14)21(25)27-2/h3-12H,13H2,1-2H3/b12-9+. The molecule has 29 heavy (non-hydrogen) atoms. The van der Waals surface area contributed by atoms with E-state index in [1.807, 2.05) is 12.1 Å². The summed E-state index contributed by atoms with van der Waals surface area (Å²) in [4.78, 5) is 27.5. The van der Waals surface area contributed by atoms with E-state index in [9.17, 15) is 9.59 Å². The predicted octanol–water partition coefficient (Wildman–Crippen LogP) is 3.29. The molecule has 0 saturated carbocycles. The maximum atomic E-state index is 11.9. The summed E-state index contributed by atoms with van der Waals surface area (Å²) in [7, 11) is 2.87. The first kappa shape index (κ1) is 19.8. The van der Waals surface area contributed by atoms with E-state index in [1.165, 1.54) is 13.2 Å². The molecule has 0 N–H and O–H groups in total. The summed E-state index contributed by atoms with van der Waals surface area (Å²) < 4.78 is 20.1. The molecule has 0 amide bonds. The zero-order chi connectivity index (χ0) is 20.6. The van der Waals surface area contributed by atoms with Gasteiger partial charge in [-0.3, -0.25) is 0 Å². The molecule has 8 nitrogen and oxygen atoms in total. The predicted molar refractivity (Wildman–Crippen MR) is 103 cm³/mol. The minimum Gasteiger partial charge on any atom is -0.496 e. The molecule has 148 valence electrons. The maximum absolute atomic E-state index is 11.9. The van der Waals surface area contributed by atoms with E-state index in [-0.39, 0.29) is 12.5 Å². The SMILES string of the molecule is COC(=O)c1ccc(/C=C/C(=O)OCc2nc(-c3ccccc3OC)no2)cc1. The Morgan fingerprint density at radius 2 is 1.83 bits per heavy atom. The van der Waals surface area contributed by atoms with Crippen LogP contribution in [-0.4, -0.2) is 36.3 Å². The van der Waals surface area contributed by atoms with Crippen molar-refractivity contribution in [3.05, 3.63) is 71.6 Å². The highest BCUT2D eigenvalue weighted by molar-refractivity contribution is 5.90. The third kappa shape index (κ3) is 5.07. The number of benzene rings is 2. The fraction of sp³-hybridized carbons (Fsp3) is 0.143. The lowest BCUT2D eigenvalue weighted by Gasteiger charge is -2.03. The van der Waals surface area contributed by atoms with E-state index in [0.717, 1.165) is 5.56 Å². The summed E-state index contributed by atoms with van der Waals surface area (Å²) in [6, 6.07) is 13.8. The van der Waals surface area contributed by atoms with Gasteiger partial charge in [-0.25, -0.2) is 9.59 Å². The van der Waals surface area contributed by atoms with Gasteiger partial charge in [0.1, 0.15) is 5.75 Å². The van der Waals surface area contributed by atoms with E-state index in [1.54, 1.807) is 49.6 Å². The molecule has 0 aliphatic rings. The van der Waals surface area contributed by atoms with Crippen LogP contribution in [0.15, 0.2) is 59.1 Å². The van der Waals surface area contributed by atoms with Crippen LogP contribution in [0, 0.1) is 0 Å². The van der Waals surface area contributed by atoms with Gasteiger partial charge in [-0.2, -0.15) is 4.98 Å². The fourth-order valence-corrected chi connectivity index (χ4v) is 2.45. The summed E-state index contributed by atoms with van der Waals surface area (Å²) in [5.74, 6) is 0.119. The number of ether oxygens (including phenoxy) is 3. The quantitative estimate of drug-likeness (QED) is 0.444. The van der Waals surface area contributed by atoms with Crippen LogP contribution in [0.5, 0.6) is 5.75 Å². The van der Waals surface area contributed by atoms with Crippen LogP contribution >= 0.6 is 0 Å². The van der Waals surface area contributed by atoms with Crippen molar-refractivity contribution in [1.29, 1.82) is 0 Å². The van der Waals surface area contributed by atoms with Crippen molar-refractivity contribution in [2.45, 2.75) is 6.61 Å². The monoisotopic (exact) mass is 394 g/mol. The first-order chi connectivity index (χ1) is 14.1. The van der Waals surface area contributed by atoms with Gasteiger partial charge in [-0.15, -0.1) is 0 Å². The average Bonchev–Trinajstić information content (AvgIpc) is 3.25. The van der Waals surface area contributed by atoms with E-state index < -0.39 is 11.9 Å². The van der Waals surface area contributed by atoms with Crippen LogP contribution in [0.2, 0.25) is 0 Å². The van der Waals surface area contributed by atoms with E-state index >= 15 is 0 Å². The van der Waals surface area contributed by atoms with Crippen molar-refractivity contribution in [2.24, 2.45) is 0 Å². The van der Waals surface area contributed by atoms with Crippen molar-refractivity contribution in [1.82, 2.24) is 10.1 Å². The Morgan fingerprint density at radius 1 is 1.07 bits per heavy atom. The zero-order valence-electron chi connectivity index (χ0n) is 15.8. The number of carbonyl (C=O) groups excluding carboxylic acids is 2. The molecule has 3 rings (SSSR count). The van der Waals surface area contributed by atoms with Crippen LogP contribution in [0.1, 0.15) is 21.8 Å². The van der Waals surface area contributed by atoms with Crippen molar-refractivity contribution in [2.75, 3.05) is 14.2 Å². The van der Waals surface area contributed by atoms with Crippen molar-refractivity contribution >= 4 is 18.0 Å². The first-order valence-corrected chi connectivity index (χ1v) is 8.60. The number of methoxy groups -OCH3 is 2. The van der Waals surface area contributed by atoms with Crippen LogP contribution in [0.3, 0.4) is 0 Å². The Hall–Kier alpha value is -3.94. The van der Waals surface area contributed by atoms with Gasteiger partial charge in [0.15, 0.2) is 6.61 Å². The number of nitrogens with zero attached hydrogens (tertiary/aromatic N) is 2. The molecular formula is C21H18N2O6. The van der Waals surface area contributed by atoms with Gasteiger partial charge in [-0.1, -0.05) is 29.4 Å². The number of aromatic nitrogens is 2. The lowest BCUT2D eigenvalue weighted by molar-refractivity contribution is -0.139. The van der Waals surface area contributed by atoms with E-state index in [0.29, 0.717) is 22.7 Å². The Kier molecular flexibility index (Phi) is 6.36. The smallest absolute Gasteiger partial charge is 0.337 e. The lowest BCUT2D eigenvalue weighted by Crippen LogP contribution is -2.01. The Morgan fingerprint density at radius 3 is 2.55 bits per heavy atom. The van der Waals surface area contributed by atoms with Crippen LogP contribution < -0.4 is 4.74 Å². The maximum Gasteiger partial charge on any atom is 0.337 e. The molecule has 0 aliphatic heterocycles. The third-order valence-electron chi connectivity index (χ3n) is 3.90. The Bertz CT molecular complexity index is 1020. The Balaban J connectivity index is 1.56. The van der Waals surface area contributed by atoms with E-state index in [4.69, 9.17) is 14.0 Å². The largest absolute Gasteiger partial charge is 0.496 e. The summed E-state index contributed by atoms with van der Waals surface area (Å²) in [6.07, 6.45) is 2.84. The second-order valence-electron chi connectivity index (χ2n) is 5.77. The molecule has 0 unspecified atom stereocenters. The van der Waals surface area contributed by atoms with Gasteiger partial charge >= 0.3 is 11.9 Å². The van der Waals surface area contributed by atoms with Gasteiger partial charge in [-0.05, 0) is 35.9 Å². The number of rotatable bonds is 7. The minimum absolute atomic E-state index is 0.160. The summed E-state index contributed by atoms with van der Waals surface area (Å²) in [5, 5.41) is 3.88.